The zero-order chi connectivity index (χ0) is 36.6. The van der Waals surface area contributed by atoms with Crippen molar-refractivity contribution in [3.63, 3.8) is 0 Å². The Morgan fingerprint density at radius 2 is 0.704 bits per heavy atom. The monoisotopic (exact) mass is 696 g/mol. The maximum absolute atomic E-state index is 12.5. The van der Waals surface area contributed by atoms with Crippen LogP contribution in [0.1, 0.15) is 0 Å². The van der Waals surface area contributed by atoms with Crippen molar-refractivity contribution in [3.05, 3.63) is 192 Å². The molecule has 9 rings (SSSR count). The van der Waals surface area contributed by atoms with E-state index in [-0.39, 0.29) is 5.69 Å². The van der Waals surface area contributed by atoms with Crippen molar-refractivity contribution >= 4 is 11.0 Å². The Kier molecular flexibility index (Phi) is 8.37. The van der Waals surface area contributed by atoms with Gasteiger partial charge in [0.05, 0.1) is 22.4 Å². The fourth-order valence-electron chi connectivity index (χ4n) is 7.20. The molecule has 0 bridgehead atoms. The minimum atomic E-state index is -0.0321. The standard InChI is InChI=1S/C49H36N4O/c1-52-46-27-26-40(31-47(46)53(2)49(52)54)35-18-22-37(23-19-35)44-32-45(51-48(50-44)39-16-10-5-11-17-39)38-24-20-36(21-25-38)43-29-41(33-12-6-3-7-13-33)28-42(30-43)34-14-8-4-9-15-34/h3-32H,1-2H3. The van der Waals surface area contributed by atoms with Crippen molar-refractivity contribution in [1.29, 1.82) is 0 Å². The molecular weight excluding hydrogens is 661 g/mol. The van der Waals surface area contributed by atoms with E-state index in [1.807, 2.05) is 43.4 Å². The van der Waals surface area contributed by atoms with E-state index in [4.69, 9.17) is 9.97 Å². The molecule has 0 aliphatic heterocycles. The van der Waals surface area contributed by atoms with Crippen molar-refractivity contribution in [3.8, 4) is 78.4 Å². The van der Waals surface area contributed by atoms with Crippen LogP contribution in [0.2, 0.25) is 0 Å². The van der Waals surface area contributed by atoms with Crippen LogP contribution in [-0.4, -0.2) is 19.1 Å². The Morgan fingerprint density at radius 3 is 1.19 bits per heavy atom. The zero-order valence-electron chi connectivity index (χ0n) is 30.0. The third kappa shape index (κ3) is 6.22. The molecule has 9 aromatic rings. The highest BCUT2D eigenvalue weighted by Gasteiger charge is 2.14. The maximum atomic E-state index is 12.5. The second-order valence-corrected chi connectivity index (χ2v) is 13.6. The number of aryl methyl sites for hydroxylation is 2. The highest BCUT2D eigenvalue weighted by Crippen LogP contribution is 2.35. The summed E-state index contributed by atoms with van der Waals surface area (Å²) in [6, 6.07) is 63.4. The van der Waals surface area contributed by atoms with Crippen molar-refractivity contribution in [2.45, 2.75) is 0 Å². The van der Waals surface area contributed by atoms with Crippen LogP contribution in [0.3, 0.4) is 0 Å². The van der Waals surface area contributed by atoms with Crippen molar-refractivity contribution < 1.29 is 0 Å². The summed E-state index contributed by atoms with van der Waals surface area (Å²) in [6.45, 7) is 0. The predicted octanol–water partition coefficient (Wildman–Crippen LogP) is 11.3. The molecule has 258 valence electrons. The Labute approximate surface area is 314 Å². The average molecular weight is 697 g/mol. The van der Waals surface area contributed by atoms with Gasteiger partial charge in [-0.2, -0.15) is 0 Å². The van der Waals surface area contributed by atoms with E-state index >= 15 is 0 Å². The quantitative estimate of drug-likeness (QED) is 0.167. The number of fused-ring (bicyclic) bond motifs is 1. The van der Waals surface area contributed by atoms with Gasteiger partial charge in [0, 0.05) is 30.8 Å². The van der Waals surface area contributed by atoms with E-state index in [1.54, 1.807) is 16.2 Å². The predicted molar refractivity (Wildman–Crippen MR) is 222 cm³/mol. The molecule has 7 aromatic carbocycles. The van der Waals surface area contributed by atoms with E-state index in [2.05, 4.69) is 146 Å². The molecule has 0 aliphatic rings. The summed E-state index contributed by atoms with van der Waals surface area (Å²) in [6.07, 6.45) is 0. The molecule has 0 saturated heterocycles. The van der Waals surface area contributed by atoms with Gasteiger partial charge in [0.25, 0.3) is 0 Å². The van der Waals surface area contributed by atoms with Crippen LogP contribution in [0.25, 0.3) is 89.4 Å². The second kappa shape index (κ2) is 13.8. The molecule has 0 saturated carbocycles. The Hall–Kier alpha value is -7.11. The first kappa shape index (κ1) is 32.8. The van der Waals surface area contributed by atoms with E-state index in [0.29, 0.717) is 5.82 Å². The molecule has 0 aliphatic carbocycles. The van der Waals surface area contributed by atoms with Crippen LogP contribution in [0, 0.1) is 0 Å². The summed E-state index contributed by atoms with van der Waals surface area (Å²) in [7, 11) is 3.62. The third-order valence-corrected chi connectivity index (χ3v) is 10.2. The summed E-state index contributed by atoms with van der Waals surface area (Å²) in [5, 5.41) is 0. The minimum absolute atomic E-state index is 0.0321. The van der Waals surface area contributed by atoms with Gasteiger partial charge in [0.2, 0.25) is 0 Å². The van der Waals surface area contributed by atoms with Crippen LogP contribution >= 0.6 is 0 Å². The van der Waals surface area contributed by atoms with Gasteiger partial charge in [-0.3, -0.25) is 9.13 Å². The fraction of sp³-hybridized carbons (Fsp3) is 0.0408. The Balaban J connectivity index is 1.08. The first-order valence-corrected chi connectivity index (χ1v) is 18.1. The molecule has 0 fully saturated rings. The first-order chi connectivity index (χ1) is 26.5. The molecule has 0 atom stereocenters. The summed E-state index contributed by atoms with van der Waals surface area (Å²) < 4.78 is 3.37. The van der Waals surface area contributed by atoms with E-state index in [1.165, 1.54) is 22.3 Å². The van der Waals surface area contributed by atoms with Gasteiger partial charge in [-0.05, 0) is 80.9 Å². The number of rotatable bonds is 7. The molecule has 5 heteroatoms. The second-order valence-electron chi connectivity index (χ2n) is 13.6. The normalized spacial score (nSPS) is 11.2. The first-order valence-electron chi connectivity index (χ1n) is 18.1. The minimum Gasteiger partial charge on any atom is -0.295 e. The van der Waals surface area contributed by atoms with Gasteiger partial charge >= 0.3 is 5.69 Å². The molecule has 0 unspecified atom stereocenters. The highest BCUT2D eigenvalue weighted by atomic mass is 16.1. The molecule has 0 amide bonds. The van der Waals surface area contributed by atoms with Crippen LogP contribution in [0.4, 0.5) is 0 Å². The number of hydrogen-bond donors (Lipinski definition) is 0. The lowest BCUT2D eigenvalue weighted by atomic mass is 9.93. The van der Waals surface area contributed by atoms with Gasteiger partial charge in [-0.15, -0.1) is 0 Å². The van der Waals surface area contributed by atoms with Crippen LogP contribution in [0.15, 0.2) is 187 Å². The van der Waals surface area contributed by atoms with Crippen molar-refractivity contribution in [2.24, 2.45) is 14.1 Å². The Morgan fingerprint density at radius 1 is 0.333 bits per heavy atom. The lowest BCUT2D eigenvalue weighted by Gasteiger charge is -2.13. The molecular formula is C49H36N4O. The van der Waals surface area contributed by atoms with Crippen molar-refractivity contribution in [1.82, 2.24) is 19.1 Å². The molecule has 0 radical (unpaired) electrons. The molecule has 5 nitrogen and oxygen atoms in total. The highest BCUT2D eigenvalue weighted by molar-refractivity contribution is 5.84. The van der Waals surface area contributed by atoms with Crippen molar-refractivity contribution in [2.75, 3.05) is 0 Å². The summed E-state index contributed by atoms with van der Waals surface area (Å²) in [4.78, 5) is 22.7. The molecule has 2 aromatic heterocycles. The third-order valence-electron chi connectivity index (χ3n) is 10.2. The van der Waals surface area contributed by atoms with Crippen LogP contribution < -0.4 is 5.69 Å². The summed E-state index contributed by atoms with van der Waals surface area (Å²) >= 11 is 0. The lowest BCUT2D eigenvalue weighted by molar-refractivity contribution is 0.795. The SMILES string of the molecule is Cn1c(=O)n(C)c2cc(-c3ccc(-c4cc(-c5ccc(-c6cc(-c7ccccc7)cc(-c7ccccc7)c6)cc5)nc(-c5ccccc5)n4)cc3)ccc21. The molecule has 0 spiro atoms. The molecule has 2 heterocycles. The largest absolute Gasteiger partial charge is 0.328 e. The summed E-state index contributed by atoms with van der Waals surface area (Å²) in [5.41, 5.74) is 15.6. The zero-order valence-corrected chi connectivity index (χ0v) is 30.0. The van der Waals surface area contributed by atoms with E-state index < -0.39 is 0 Å². The number of hydrogen-bond acceptors (Lipinski definition) is 3. The average Bonchev–Trinajstić information content (AvgIpc) is 3.47. The van der Waals surface area contributed by atoms with Crippen LogP contribution in [0.5, 0.6) is 0 Å². The maximum Gasteiger partial charge on any atom is 0.328 e. The van der Waals surface area contributed by atoms with Gasteiger partial charge in [0.15, 0.2) is 5.82 Å². The molecule has 54 heavy (non-hydrogen) atoms. The number of aromatic nitrogens is 4. The molecule has 0 N–H and O–H groups in total. The Bertz CT molecular complexity index is 2760. The smallest absolute Gasteiger partial charge is 0.295 e. The fourth-order valence-corrected chi connectivity index (χ4v) is 7.20. The lowest BCUT2D eigenvalue weighted by Crippen LogP contribution is -2.19. The topological polar surface area (TPSA) is 52.7 Å². The number of imidazole rings is 1. The summed E-state index contributed by atoms with van der Waals surface area (Å²) in [5.74, 6) is 0.676. The number of nitrogens with zero attached hydrogens (tertiary/aromatic N) is 4. The van der Waals surface area contributed by atoms with Gasteiger partial charge < -0.3 is 0 Å². The van der Waals surface area contributed by atoms with Gasteiger partial charge in [-0.1, -0.05) is 146 Å². The van der Waals surface area contributed by atoms with Gasteiger partial charge in [-0.25, -0.2) is 14.8 Å². The van der Waals surface area contributed by atoms with Crippen LogP contribution in [-0.2, 0) is 14.1 Å². The van der Waals surface area contributed by atoms with Gasteiger partial charge in [0.1, 0.15) is 0 Å². The van der Waals surface area contributed by atoms with E-state index in [9.17, 15) is 4.79 Å². The number of benzene rings is 7. The van der Waals surface area contributed by atoms with E-state index in [0.717, 1.165) is 61.4 Å².